The van der Waals surface area contributed by atoms with Crippen LogP contribution in [0.5, 0.6) is 0 Å². The Kier molecular flexibility index (Phi) is 5.08. The van der Waals surface area contributed by atoms with Crippen LogP contribution in [0.25, 0.3) is 0 Å². The maximum atomic E-state index is 3.49. The van der Waals surface area contributed by atoms with Gasteiger partial charge >= 0.3 is 0 Å². The predicted octanol–water partition coefficient (Wildman–Crippen LogP) is 4.46. The van der Waals surface area contributed by atoms with E-state index < -0.39 is 0 Å². The van der Waals surface area contributed by atoms with Crippen molar-refractivity contribution in [3.63, 3.8) is 0 Å². The van der Waals surface area contributed by atoms with Crippen LogP contribution < -0.4 is 5.32 Å². The number of nitrogens with one attached hydrogen (secondary N) is 1. The van der Waals surface area contributed by atoms with E-state index in [0.717, 1.165) is 13.1 Å². The summed E-state index contributed by atoms with van der Waals surface area (Å²) < 4.78 is 2.32. The van der Waals surface area contributed by atoms with Crippen molar-refractivity contribution in [3.8, 4) is 0 Å². The molecule has 1 heterocycles. The third-order valence-corrected chi connectivity index (χ3v) is 3.35. The average molecular weight is 256 g/mol. The normalized spacial score (nSPS) is 10.6. The van der Waals surface area contributed by atoms with Crippen LogP contribution in [0.1, 0.15) is 37.9 Å². The summed E-state index contributed by atoms with van der Waals surface area (Å²) in [5.41, 5.74) is 3.96. The first-order chi connectivity index (χ1) is 9.33. The highest BCUT2D eigenvalue weighted by Gasteiger charge is 2.00. The minimum absolute atomic E-state index is 0.889. The highest BCUT2D eigenvalue weighted by atomic mass is 15.0. The molecule has 102 valence electrons. The second-order valence-electron chi connectivity index (χ2n) is 4.99. The summed E-state index contributed by atoms with van der Waals surface area (Å²) in [6, 6.07) is 13.1. The lowest BCUT2D eigenvalue weighted by molar-refractivity contribution is 0.654. The Bertz CT molecular complexity index is 482. The van der Waals surface area contributed by atoms with Crippen LogP contribution in [-0.2, 0) is 19.5 Å². The number of anilines is 1. The molecule has 19 heavy (non-hydrogen) atoms. The van der Waals surface area contributed by atoms with Gasteiger partial charge in [-0.1, -0.05) is 32.4 Å². The van der Waals surface area contributed by atoms with Gasteiger partial charge in [0, 0.05) is 24.1 Å². The van der Waals surface area contributed by atoms with E-state index in [1.807, 2.05) is 0 Å². The lowest BCUT2D eigenvalue weighted by Gasteiger charge is -2.10. The van der Waals surface area contributed by atoms with Gasteiger partial charge in [0.05, 0.1) is 6.54 Å². The summed E-state index contributed by atoms with van der Waals surface area (Å²) in [7, 11) is 0. The molecule has 0 aliphatic rings. The number of aromatic nitrogens is 1. The zero-order valence-electron chi connectivity index (χ0n) is 12.0. The molecule has 0 spiro atoms. The first-order valence-electron chi connectivity index (χ1n) is 7.30. The zero-order valence-corrected chi connectivity index (χ0v) is 12.0. The Balaban J connectivity index is 1.92. The van der Waals surface area contributed by atoms with Crippen LogP contribution in [0.4, 0.5) is 5.69 Å². The highest BCUT2D eigenvalue weighted by molar-refractivity contribution is 5.44. The number of aryl methyl sites for hydroxylation is 2. The van der Waals surface area contributed by atoms with Crippen LogP contribution in [0.2, 0.25) is 0 Å². The molecule has 0 saturated heterocycles. The zero-order chi connectivity index (χ0) is 13.5. The molecule has 0 amide bonds. The number of hydrogen-bond acceptors (Lipinski definition) is 1. The third kappa shape index (κ3) is 3.88. The minimum Gasteiger partial charge on any atom is -0.379 e. The molecule has 0 fully saturated rings. The molecule has 0 radical (unpaired) electrons. The number of hydrogen-bond donors (Lipinski definition) is 1. The molecule has 0 aliphatic carbocycles. The molecule has 2 rings (SSSR count). The number of rotatable bonds is 7. The van der Waals surface area contributed by atoms with E-state index in [2.05, 4.69) is 66.3 Å². The molecular formula is C17H24N2. The smallest absolute Gasteiger partial charge is 0.0553 e. The molecule has 1 N–H and O–H groups in total. The molecule has 0 aliphatic heterocycles. The minimum atomic E-state index is 0.889. The summed E-state index contributed by atoms with van der Waals surface area (Å²) in [6.45, 7) is 6.41. The van der Waals surface area contributed by atoms with Gasteiger partial charge in [-0.2, -0.15) is 0 Å². The Hall–Kier alpha value is -1.70. The van der Waals surface area contributed by atoms with Crippen molar-refractivity contribution in [1.29, 1.82) is 0 Å². The summed E-state index contributed by atoms with van der Waals surface area (Å²) >= 11 is 0. The fraction of sp³-hybridized carbons (Fsp3) is 0.412. The van der Waals surface area contributed by atoms with Gasteiger partial charge in [0.2, 0.25) is 0 Å². The van der Waals surface area contributed by atoms with Gasteiger partial charge in [-0.3, -0.25) is 0 Å². The molecule has 0 unspecified atom stereocenters. The van der Waals surface area contributed by atoms with Gasteiger partial charge in [-0.05, 0) is 42.7 Å². The molecule has 0 saturated carbocycles. The highest BCUT2D eigenvalue weighted by Crippen LogP contribution is 2.13. The van der Waals surface area contributed by atoms with E-state index in [1.54, 1.807) is 0 Å². The molecule has 2 aromatic rings. The van der Waals surface area contributed by atoms with Crippen molar-refractivity contribution < 1.29 is 0 Å². The maximum absolute atomic E-state index is 3.49. The van der Waals surface area contributed by atoms with Crippen LogP contribution >= 0.6 is 0 Å². The average Bonchev–Trinajstić information content (AvgIpc) is 2.86. The molecule has 1 aromatic heterocycles. The van der Waals surface area contributed by atoms with Crippen LogP contribution in [0.3, 0.4) is 0 Å². The lowest BCUT2D eigenvalue weighted by Crippen LogP contribution is -2.06. The third-order valence-electron chi connectivity index (χ3n) is 3.35. The van der Waals surface area contributed by atoms with Gasteiger partial charge < -0.3 is 9.88 Å². The fourth-order valence-corrected chi connectivity index (χ4v) is 2.34. The van der Waals surface area contributed by atoms with Crippen molar-refractivity contribution >= 4 is 5.69 Å². The van der Waals surface area contributed by atoms with Crippen molar-refractivity contribution in [2.24, 2.45) is 0 Å². The second-order valence-corrected chi connectivity index (χ2v) is 4.99. The standard InChI is InChI=1S/C17H24N2/c1-3-6-15-8-10-16(11-9-15)18-14-17-7-5-13-19(17)12-4-2/h5,7-11,13,18H,3-4,6,12,14H2,1-2H3. The van der Waals surface area contributed by atoms with Gasteiger partial charge in [0.1, 0.15) is 0 Å². The van der Waals surface area contributed by atoms with E-state index in [4.69, 9.17) is 0 Å². The van der Waals surface area contributed by atoms with Gasteiger partial charge in [0.15, 0.2) is 0 Å². The SMILES string of the molecule is CCCc1ccc(NCc2cccn2CCC)cc1. The summed E-state index contributed by atoms with van der Waals surface area (Å²) in [5, 5.41) is 3.49. The Labute approximate surface area is 116 Å². The fourth-order valence-electron chi connectivity index (χ4n) is 2.34. The molecule has 2 nitrogen and oxygen atoms in total. The van der Waals surface area contributed by atoms with Gasteiger partial charge in [-0.25, -0.2) is 0 Å². The number of benzene rings is 1. The van der Waals surface area contributed by atoms with E-state index in [9.17, 15) is 0 Å². The molecule has 1 aromatic carbocycles. The molecule has 2 heteroatoms. The van der Waals surface area contributed by atoms with E-state index in [-0.39, 0.29) is 0 Å². The van der Waals surface area contributed by atoms with E-state index >= 15 is 0 Å². The van der Waals surface area contributed by atoms with Crippen LogP contribution in [-0.4, -0.2) is 4.57 Å². The topological polar surface area (TPSA) is 17.0 Å². The van der Waals surface area contributed by atoms with Crippen LogP contribution in [0.15, 0.2) is 42.6 Å². The lowest BCUT2D eigenvalue weighted by atomic mass is 10.1. The van der Waals surface area contributed by atoms with E-state index in [0.29, 0.717) is 0 Å². The van der Waals surface area contributed by atoms with Crippen molar-refractivity contribution in [1.82, 2.24) is 4.57 Å². The first kappa shape index (κ1) is 13.7. The van der Waals surface area contributed by atoms with E-state index in [1.165, 1.54) is 36.2 Å². The number of nitrogens with zero attached hydrogens (tertiary/aromatic N) is 1. The monoisotopic (exact) mass is 256 g/mol. The predicted molar refractivity (Wildman–Crippen MR) is 82.5 cm³/mol. The summed E-state index contributed by atoms with van der Waals surface area (Å²) in [4.78, 5) is 0. The molecule has 0 bridgehead atoms. The Morgan fingerprint density at radius 3 is 2.47 bits per heavy atom. The first-order valence-corrected chi connectivity index (χ1v) is 7.30. The van der Waals surface area contributed by atoms with Gasteiger partial charge in [0.25, 0.3) is 0 Å². The molecular weight excluding hydrogens is 232 g/mol. The van der Waals surface area contributed by atoms with Crippen LogP contribution in [0, 0.1) is 0 Å². The van der Waals surface area contributed by atoms with Gasteiger partial charge in [-0.15, -0.1) is 0 Å². The quantitative estimate of drug-likeness (QED) is 0.773. The Morgan fingerprint density at radius 2 is 1.79 bits per heavy atom. The van der Waals surface area contributed by atoms with Crippen molar-refractivity contribution in [2.45, 2.75) is 46.2 Å². The maximum Gasteiger partial charge on any atom is 0.0553 e. The largest absolute Gasteiger partial charge is 0.379 e. The van der Waals surface area contributed by atoms with Crippen molar-refractivity contribution in [3.05, 3.63) is 53.9 Å². The molecule has 0 atom stereocenters. The second kappa shape index (κ2) is 7.03. The van der Waals surface area contributed by atoms with Crippen molar-refractivity contribution in [2.75, 3.05) is 5.32 Å². The Morgan fingerprint density at radius 1 is 1.00 bits per heavy atom. The summed E-state index contributed by atoms with van der Waals surface area (Å²) in [6.07, 6.45) is 5.70. The summed E-state index contributed by atoms with van der Waals surface area (Å²) in [5.74, 6) is 0.